The largest absolute Gasteiger partial charge is 0.386 e. The van der Waals surface area contributed by atoms with Crippen molar-refractivity contribution in [1.29, 1.82) is 0 Å². The molecule has 0 aliphatic carbocycles. The normalized spacial score (nSPS) is 31.3. The molecule has 18 heavy (non-hydrogen) atoms. The number of ether oxygens (including phenoxy) is 1. The van der Waals surface area contributed by atoms with E-state index >= 15 is 0 Å². The number of fused-ring (bicyclic) bond motifs is 1. The van der Waals surface area contributed by atoms with Gasteiger partial charge in [-0.15, -0.1) is 11.8 Å². The van der Waals surface area contributed by atoms with E-state index in [1.165, 1.54) is 10.5 Å². The van der Waals surface area contributed by atoms with Crippen LogP contribution in [0.4, 0.5) is 0 Å². The maximum atomic E-state index is 10.3. The molecule has 0 unspecified atom stereocenters. The topological polar surface area (TPSA) is 41.5 Å². The Labute approximate surface area is 112 Å². The number of rotatable bonds is 3. The molecule has 98 valence electrons. The molecule has 0 amide bonds. The maximum absolute atomic E-state index is 10.3. The fraction of sp³-hybridized carbons (Fsp3) is 0.571. The zero-order valence-electron chi connectivity index (χ0n) is 10.4. The molecule has 2 N–H and O–H groups in total. The monoisotopic (exact) mass is 265 g/mol. The summed E-state index contributed by atoms with van der Waals surface area (Å²) in [6.07, 6.45) is 1.86. The number of hydrogen-bond acceptors (Lipinski definition) is 4. The van der Waals surface area contributed by atoms with Gasteiger partial charge in [-0.3, -0.25) is 0 Å². The van der Waals surface area contributed by atoms with Gasteiger partial charge in [0.25, 0.3) is 0 Å². The van der Waals surface area contributed by atoms with Crippen LogP contribution in [0.3, 0.4) is 0 Å². The Morgan fingerprint density at radius 3 is 3.17 bits per heavy atom. The van der Waals surface area contributed by atoms with Crippen LogP contribution in [0.15, 0.2) is 29.2 Å². The molecule has 1 saturated heterocycles. The third-order valence-corrected chi connectivity index (χ3v) is 4.84. The first-order valence-corrected chi connectivity index (χ1v) is 7.51. The Kier molecular flexibility index (Phi) is 3.61. The highest BCUT2D eigenvalue weighted by Crippen LogP contribution is 2.36. The Bertz CT molecular complexity index is 418. The van der Waals surface area contributed by atoms with Gasteiger partial charge < -0.3 is 15.2 Å². The summed E-state index contributed by atoms with van der Waals surface area (Å²) in [5.41, 5.74) is 0.704. The molecule has 2 aliphatic rings. The zero-order valence-corrected chi connectivity index (χ0v) is 11.2. The number of hydrogen-bond donors (Lipinski definition) is 2. The molecule has 0 spiro atoms. The second-order valence-corrected chi connectivity index (χ2v) is 6.27. The van der Waals surface area contributed by atoms with Crippen LogP contribution in [-0.4, -0.2) is 36.2 Å². The van der Waals surface area contributed by atoms with Crippen LogP contribution in [0.25, 0.3) is 0 Å². The molecule has 1 aromatic rings. The van der Waals surface area contributed by atoms with E-state index in [9.17, 15) is 5.11 Å². The number of nitrogens with one attached hydrogen (secondary N) is 1. The first-order chi connectivity index (χ1) is 8.77. The van der Waals surface area contributed by atoms with Crippen LogP contribution in [0.1, 0.15) is 24.4 Å². The molecule has 1 fully saturated rings. The smallest absolute Gasteiger partial charge is 0.103 e. The minimum absolute atomic E-state index is 0.368. The van der Waals surface area contributed by atoms with Gasteiger partial charge in [0.15, 0.2) is 0 Å². The van der Waals surface area contributed by atoms with E-state index in [4.69, 9.17) is 4.74 Å². The minimum Gasteiger partial charge on any atom is -0.386 e. The molecule has 2 heterocycles. The van der Waals surface area contributed by atoms with Gasteiger partial charge in [-0.05, 0) is 23.8 Å². The summed E-state index contributed by atoms with van der Waals surface area (Å²) in [4.78, 5) is 1.37. The van der Waals surface area contributed by atoms with Crippen molar-refractivity contribution in [2.24, 2.45) is 0 Å². The molecule has 0 bridgehead atoms. The van der Waals surface area contributed by atoms with Crippen molar-refractivity contribution in [3.63, 3.8) is 0 Å². The molecular formula is C14H19NO2S. The Morgan fingerprint density at radius 1 is 1.44 bits per heavy atom. The zero-order chi connectivity index (χ0) is 12.4. The van der Waals surface area contributed by atoms with E-state index in [1.54, 1.807) is 0 Å². The molecule has 0 radical (unpaired) electrons. The minimum atomic E-state index is -0.667. The maximum Gasteiger partial charge on any atom is 0.103 e. The SMILES string of the molecule is O[C@@]1(CN[C@@H]2CCSc3ccccc32)CCOC1. The van der Waals surface area contributed by atoms with E-state index in [-0.39, 0.29) is 0 Å². The van der Waals surface area contributed by atoms with Crippen molar-refractivity contribution < 1.29 is 9.84 Å². The third kappa shape index (κ3) is 2.57. The van der Waals surface area contributed by atoms with Crippen molar-refractivity contribution in [2.45, 2.75) is 29.4 Å². The van der Waals surface area contributed by atoms with Crippen LogP contribution < -0.4 is 5.32 Å². The Balaban J connectivity index is 1.67. The average molecular weight is 265 g/mol. The van der Waals surface area contributed by atoms with Gasteiger partial charge in [0, 0.05) is 30.5 Å². The average Bonchev–Trinajstić information content (AvgIpc) is 2.84. The van der Waals surface area contributed by atoms with Crippen molar-refractivity contribution in [2.75, 3.05) is 25.5 Å². The molecule has 1 aromatic carbocycles. The van der Waals surface area contributed by atoms with Gasteiger partial charge in [-0.25, -0.2) is 0 Å². The lowest BCUT2D eigenvalue weighted by molar-refractivity contribution is 0.0246. The molecule has 2 atom stereocenters. The molecule has 2 aliphatic heterocycles. The quantitative estimate of drug-likeness (QED) is 0.877. The van der Waals surface area contributed by atoms with Crippen molar-refractivity contribution in [3.05, 3.63) is 29.8 Å². The molecular weight excluding hydrogens is 246 g/mol. The van der Waals surface area contributed by atoms with Crippen molar-refractivity contribution in [1.82, 2.24) is 5.32 Å². The molecule has 4 heteroatoms. The Hall–Kier alpha value is -0.550. The summed E-state index contributed by atoms with van der Waals surface area (Å²) in [7, 11) is 0. The third-order valence-electron chi connectivity index (χ3n) is 3.72. The standard InChI is InChI=1S/C14H19NO2S/c16-14(6-7-17-10-14)9-15-12-5-8-18-13-4-2-1-3-11(12)13/h1-4,12,15-16H,5-10H2/t12-,14-/m1/s1. The highest BCUT2D eigenvalue weighted by Gasteiger charge is 2.33. The molecule has 0 saturated carbocycles. The summed E-state index contributed by atoms with van der Waals surface area (Å²) < 4.78 is 5.28. The van der Waals surface area contributed by atoms with E-state index < -0.39 is 5.60 Å². The van der Waals surface area contributed by atoms with Crippen LogP contribution in [-0.2, 0) is 4.74 Å². The summed E-state index contributed by atoms with van der Waals surface area (Å²) in [5, 5.41) is 13.8. The first-order valence-electron chi connectivity index (χ1n) is 6.52. The van der Waals surface area contributed by atoms with E-state index in [2.05, 4.69) is 29.6 Å². The van der Waals surface area contributed by atoms with E-state index in [0.717, 1.165) is 18.6 Å². The van der Waals surface area contributed by atoms with Crippen molar-refractivity contribution >= 4 is 11.8 Å². The molecule has 3 rings (SSSR count). The van der Waals surface area contributed by atoms with Gasteiger partial charge in [-0.1, -0.05) is 18.2 Å². The fourth-order valence-electron chi connectivity index (χ4n) is 2.60. The lowest BCUT2D eigenvalue weighted by Crippen LogP contribution is -2.42. The number of thioether (sulfide) groups is 1. The van der Waals surface area contributed by atoms with Crippen LogP contribution in [0.2, 0.25) is 0 Å². The van der Waals surface area contributed by atoms with Gasteiger partial charge in [0.05, 0.1) is 6.61 Å². The van der Waals surface area contributed by atoms with Crippen LogP contribution in [0, 0.1) is 0 Å². The second-order valence-electron chi connectivity index (χ2n) is 5.14. The van der Waals surface area contributed by atoms with Crippen LogP contribution >= 0.6 is 11.8 Å². The summed E-state index contributed by atoms with van der Waals surface area (Å²) >= 11 is 1.92. The van der Waals surface area contributed by atoms with Crippen LogP contribution in [0.5, 0.6) is 0 Å². The van der Waals surface area contributed by atoms with Gasteiger partial charge in [0.2, 0.25) is 0 Å². The predicted molar refractivity (Wildman–Crippen MR) is 72.9 cm³/mol. The summed E-state index contributed by atoms with van der Waals surface area (Å²) in [5.74, 6) is 1.14. The summed E-state index contributed by atoms with van der Waals surface area (Å²) in [6.45, 7) is 1.76. The predicted octanol–water partition coefficient (Wildman–Crippen LogP) is 1.96. The van der Waals surface area contributed by atoms with Gasteiger partial charge >= 0.3 is 0 Å². The molecule has 3 nitrogen and oxygen atoms in total. The van der Waals surface area contributed by atoms with E-state index in [0.29, 0.717) is 25.8 Å². The molecule has 0 aromatic heterocycles. The van der Waals surface area contributed by atoms with Crippen molar-refractivity contribution in [3.8, 4) is 0 Å². The highest BCUT2D eigenvalue weighted by atomic mass is 32.2. The first kappa shape index (κ1) is 12.5. The second kappa shape index (κ2) is 5.21. The van der Waals surface area contributed by atoms with Gasteiger partial charge in [-0.2, -0.15) is 0 Å². The lowest BCUT2D eigenvalue weighted by Gasteiger charge is -2.29. The van der Waals surface area contributed by atoms with Gasteiger partial charge in [0.1, 0.15) is 5.60 Å². The Morgan fingerprint density at radius 2 is 2.33 bits per heavy atom. The summed E-state index contributed by atoms with van der Waals surface area (Å²) in [6, 6.07) is 8.92. The number of benzene rings is 1. The lowest BCUT2D eigenvalue weighted by atomic mass is 10.00. The number of aliphatic hydroxyl groups is 1. The fourth-order valence-corrected chi connectivity index (χ4v) is 3.73. The van der Waals surface area contributed by atoms with E-state index in [1.807, 2.05) is 11.8 Å². The highest BCUT2D eigenvalue weighted by molar-refractivity contribution is 7.99.